The van der Waals surface area contributed by atoms with Crippen LogP contribution in [0.5, 0.6) is 0 Å². The molecule has 35 heavy (non-hydrogen) atoms. The van der Waals surface area contributed by atoms with Crippen LogP contribution in [-0.4, -0.2) is 49.3 Å². The van der Waals surface area contributed by atoms with E-state index in [1.54, 1.807) is 0 Å². The van der Waals surface area contributed by atoms with Gasteiger partial charge in [-0.15, -0.1) is 0 Å². The van der Waals surface area contributed by atoms with E-state index >= 15 is 0 Å². The minimum atomic E-state index is -0.753. The van der Waals surface area contributed by atoms with E-state index in [4.69, 9.17) is 10.2 Å². The summed E-state index contributed by atoms with van der Waals surface area (Å²) in [5.41, 5.74) is 4.85. The fourth-order valence-corrected chi connectivity index (χ4v) is 3.38. The van der Waals surface area contributed by atoms with Gasteiger partial charge in [0.25, 0.3) is 0 Å². The van der Waals surface area contributed by atoms with Crippen LogP contribution >= 0.6 is 0 Å². The Morgan fingerprint density at radius 1 is 0.657 bits per heavy atom. The van der Waals surface area contributed by atoms with Crippen molar-refractivity contribution < 1.29 is 36.3 Å². The number of rotatable bonds is 14. The number of benzene rings is 2. The fourth-order valence-electron chi connectivity index (χ4n) is 3.38. The SMILES string of the molecule is CCCCc1ccc(N(C)CCC(=O)O)cc1.CCCCc1ccc(N(C)CCC(=O)O)cc1.[Ni]. The number of nitrogens with zero attached hydrogens (tertiary/aromatic N) is 2. The maximum atomic E-state index is 10.5. The summed E-state index contributed by atoms with van der Waals surface area (Å²) in [6.07, 6.45) is 7.44. The molecule has 2 rings (SSSR count). The molecule has 0 saturated heterocycles. The predicted molar refractivity (Wildman–Crippen MR) is 141 cm³/mol. The first-order valence-corrected chi connectivity index (χ1v) is 12.3. The normalized spacial score (nSPS) is 9.94. The topological polar surface area (TPSA) is 81.1 Å². The van der Waals surface area contributed by atoms with Gasteiger partial charge in [0.15, 0.2) is 0 Å². The molecule has 7 heteroatoms. The van der Waals surface area contributed by atoms with Crippen molar-refractivity contribution in [3.05, 3.63) is 59.7 Å². The van der Waals surface area contributed by atoms with Crippen molar-refractivity contribution in [1.82, 2.24) is 0 Å². The molecular weight excluding hydrogens is 487 g/mol. The molecule has 0 fully saturated rings. The van der Waals surface area contributed by atoms with Crippen LogP contribution in [0.2, 0.25) is 0 Å². The van der Waals surface area contributed by atoms with Crippen molar-refractivity contribution in [1.29, 1.82) is 0 Å². The molecule has 0 aliphatic carbocycles. The van der Waals surface area contributed by atoms with E-state index in [2.05, 4.69) is 62.4 Å². The number of carbonyl (C=O) groups is 2. The molecule has 0 heterocycles. The van der Waals surface area contributed by atoms with E-state index in [9.17, 15) is 9.59 Å². The maximum Gasteiger partial charge on any atom is 0.305 e. The minimum absolute atomic E-state index is 0. The van der Waals surface area contributed by atoms with Crippen molar-refractivity contribution in [3.8, 4) is 0 Å². The Labute approximate surface area is 221 Å². The second-order valence-corrected chi connectivity index (χ2v) is 8.67. The molecule has 0 saturated carbocycles. The number of hydrogen-bond donors (Lipinski definition) is 2. The Bertz CT molecular complexity index is 770. The van der Waals surface area contributed by atoms with Crippen molar-refractivity contribution in [2.75, 3.05) is 37.0 Å². The van der Waals surface area contributed by atoms with Gasteiger partial charge in [-0.25, -0.2) is 0 Å². The Morgan fingerprint density at radius 3 is 1.23 bits per heavy atom. The average molecular weight is 529 g/mol. The molecule has 2 N–H and O–H groups in total. The monoisotopic (exact) mass is 528 g/mol. The summed E-state index contributed by atoms with van der Waals surface area (Å²) in [6, 6.07) is 16.8. The second-order valence-electron chi connectivity index (χ2n) is 8.67. The van der Waals surface area contributed by atoms with Gasteiger partial charge in [-0.05, 0) is 61.1 Å². The third-order valence-corrected chi connectivity index (χ3v) is 5.71. The van der Waals surface area contributed by atoms with Gasteiger partial charge in [0.1, 0.15) is 0 Å². The molecule has 198 valence electrons. The van der Waals surface area contributed by atoms with Crippen LogP contribution < -0.4 is 9.80 Å². The molecular formula is C28H42N2NiO4. The first kappa shape index (κ1) is 32.5. The van der Waals surface area contributed by atoms with Gasteiger partial charge >= 0.3 is 11.9 Å². The number of hydrogen-bond acceptors (Lipinski definition) is 4. The summed E-state index contributed by atoms with van der Waals surface area (Å²) in [6.45, 7) is 5.47. The van der Waals surface area contributed by atoms with Gasteiger partial charge in [0, 0.05) is 55.1 Å². The van der Waals surface area contributed by atoms with Crippen LogP contribution in [-0.2, 0) is 38.9 Å². The van der Waals surface area contributed by atoms with Gasteiger partial charge in [-0.1, -0.05) is 51.0 Å². The molecule has 2 aromatic carbocycles. The summed E-state index contributed by atoms with van der Waals surface area (Å²) < 4.78 is 0. The molecule has 0 radical (unpaired) electrons. The third-order valence-electron chi connectivity index (χ3n) is 5.71. The van der Waals surface area contributed by atoms with Crippen LogP contribution in [0, 0.1) is 0 Å². The number of anilines is 2. The first-order chi connectivity index (χ1) is 16.3. The zero-order valence-corrected chi connectivity index (χ0v) is 22.6. The van der Waals surface area contributed by atoms with Gasteiger partial charge < -0.3 is 20.0 Å². The molecule has 0 bridgehead atoms. The van der Waals surface area contributed by atoms with Crippen LogP contribution in [0.4, 0.5) is 11.4 Å². The van der Waals surface area contributed by atoms with E-state index in [-0.39, 0.29) is 29.3 Å². The maximum absolute atomic E-state index is 10.5. The zero-order chi connectivity index (χ0) is 25.3. The number of carboxylic acids is 2. The van der Waals surface area contributed by atoms with E-state index in [0.717, 1.165) is 24.2 Å². The number of unbranched alkanes of at least 4 members (excludes halogenated alkanes) is 2. The molecule has 0 amide bonds. The van der Waals surface area contributed by atoms with Crippen molar-refractivity contribution >= 4 is 23.3 Å². The quantitative estimate of drug-likeness (QED) is 0.298. The van der Waals surface area contributed by atoms with E-state index < -0.39 is 11.9 Å². The molecule has 0 unspecified atom stereocenters. The van der Waals surface area contributed by atoms with Crippen LogP contribution in [0.3, 0.4) is 0 Å². The molecule has 0 aromatic heterocycles. The Morgan fingerprint density at radius 2 is 0.971 bits per heavy atom. The summed E-state index contributed by atoms with van der Waals surface area (Å²) in [7, 11) is 3.84. The molecule has 6 nitrogen and oxygen atoms in total. The van der Waals surface area contributed by atoms with Crippen LogP contribution in [0.1, 0.15) is 63.5 Å². The Kier molecular flexibility index (Phi) is 17.4. The second kappa shape index (κ2) is 18.8. The Hall–Kier alpha value is -2.53. The van der Waals surface area contributed by atoms with E-state index in [0.29, 0.717) is 13.1 Å². The van der Waals surface area contributed by atoms with Gasteiger partial charge in [0.05, 0.1) is 12.8 Å². The third kappa shape index (κ3) is 14.5. The molecule has 0 spiro atoms. The van der Waals surface area contributed by atoms with Crippen molar-refractivity contribution in [2.45, 2.75) is 65.2 Å². The fraction of sp³-hybridized carbons (Fsp3) is 0.500. The van der Waals surface area contributed by atoms with Gasteiger partial charge in [-0.3, -0.25) is 9.59 Å². The van der Waals surface area contributed by atoms with Gasteiger partial charge in [-0.2, -0.15) is 0 Å². The smallest absolute Gasteiger partial charge is 0.305 e. The van der Waals surface area contributed by atoms with E-state index in [1.165, 1.54) is 36.8 Å². The summed E-state index contributed by atoms with van der Waals surface area (Å²) in [5, 5.41) is 17.2. The zero-order valence-electron chi connectivity index (χ0n) is 21.6. The number of carboxylic acid groups (broad SMARTS) is 2. The summed E-state index contributed by atoms with van der Waals surface area (Å²) >= 11 is 0. The standard InChI is InChI=1S/2C14H21NO2.Ni/c2*1-3-4-5-12-6-8-13(9-7-12)15(2)11-10-14(16)17;/h2*6-9H,3-5,10-11H2,1-2H3,(H,16,17);. The van der Waals surface area contributed by atoms with Crippen molar-refractivity contribution in [2.24, 2.45) is 0 Å². The molecule has 0 aliphatic heterocycles. The predicted octanol–water partition coefficient (Wildman–Crippen LogP) is 5.88. The van der Waals surface area contributed by atoms with Crippen LogP contribution in [0.15, 0.2) is 48.5 Å². The Balaban J connectivity index is 0.000000642. The largest absolute Gasteiger partial charge is 0.481 e. The van der Waals surface area contributed by atoms with Gasteiger partial charge in [0.2, 0.25) is 0 Å². The first-order valence-electron chi connectivity index (χ1n) is 12.3. The van der Waals surface area contributed by atoms with E-state index in [1.807, 2.05) is 23.9 Å². The van der Waals surface area contributed by atoms with Crippen molar-refractivity contribution in [3.63, 3.8) is 0 Å². The summed E-state index contributed by atoms with van der Waals surface area (Å²) in [4.78, 5) is 24.9. The molecule has 2 aromatic rings. The average Bonchev–Trinajstić information content (AvgIpc) is 2.84. The summed E-state index contributed by atoms with van der Waals surface area (Å²) in [5.74, 6) is -1.51. The molecule has 0 aliphatic rings. The number of aliphatic carboxylic acids is 2. The number of aryl methyl sites for hydroxylation is 2. The molecule has 0 atom stereocenters. The minimum Gasteiger partial charge on any atom is -0.481 e. The van der Waals surface area contributed by atoms with Crippen LogP contribution in [0.25, 0.3) is 0 Å².